The molecule has 1 N–H and O–H groups in total. The molecule has 0 saturated carbocycles. The average molecular weight is 218 g/mol. The molecular weight excluding hydrogens is 199 g/mol. The van der Waals surface area contributed by atoms with E-state index in [4.69, 9.17) is 4.65 Å². The van der Waals surface area contributed by atoms with Crippen molar-refractivity contribution in [3.8, 4) is 0 Å². The van der Waals surface area contributed by atoms with Crippen molar-refractivity contribution >= 4 is 13.2 Å². The molecule has 1 aromatic carbocycles. The average Bonchev–Trinajstić information content (AvgIpc) is 2.24. The molecule has 0 bridgehead atoms. The molecule has 1 rings (SSSR count). The third kappa shape index (κ3) is 5.74. The zero-order valence-corrected chi connectivity index (χ0v) is 10.2. The molecule has 0 radical (unpaired) electrons. The molecule has 0 amide bonds. The molecule has 1 aromatic rings. The van der Waals surface area contributed by atoms with Crippen LogP contribution >= 0.6 is 0 Å². The van der Waals surface area contributed by atoms with Gasteiger partial charge in [-0.3, -0.25) is 0 Å². The van der Waals surface area contributed by atoms with Gasteiger partial charge in [0.2, 0.25) is 0 Å². The number of benzene rings is 1. The van der Waals surface area contributed by atoms with Crippen LogP contribution in [0.25, 0.3) is 6.08 Å². The summed E-state index contributed by atoms with van der Waals surface area (Å²) in [4.78, 5) is 0. The Hall–Kier alpha value is -1.06. The van der Waals surface area contributed by atoms with E-state index in [1.807, 2.05) is 36.4 Å². The fourth-order valence-electron chi connectivity index (χ4n) is 1.15. The van der Waals surface area contributed by atoms with Crippen LogP contribution in [-0.4, -0.2) is 18.7 Å². The zero-order valence-electron chi connectivity index (χ0n) is 10.2. The first-order valence-electron chi connectivity index (χ1n) is 5.50. The van der Waals surface area contributed by atoms with Gasteiger partial charge in [0.15, 0.2) is 0 Å². The first-order chi connectivity index (χ1) is 7.47. The van der Waals surface area contributed by atoms with Crippen LogP contribution < -0.4 is 0 Å². The summed E-state index contributed by atoms with van der Waals surface area (Å²) in [6.45, 7) is 6.75. The molecule has 86 valence electrons. The van der Waals surface area contributed by atoms with Crippen molar-refractivity contribution in [2.75, 3.05) is 6.61 Å². The topological polar surface area (TPSA) is 29.5 Å². The van der Waals surface area contributed by atoms with Gasteiger partial charge in [0, 0.05) is 6.61 Å². The molecule has 0 aliphatic heterocycles. The third-order valence-corrected chi connectivity index (χ3v) is 1.94. The van der Waals surface area contributed by atoms with E-state index < -0.39 is 7.12 Å². The lowest BCUT2D eigenvalue weighted by Gasteiger charge is -2.18. The van der Waals surface area contributed by atoms with Crippen LogP contribution in [0.5, 0.6) is 0 Å². The fraction of sp³-hybridized carbons (Fsp3) is 0.385. The van der Waals surface area contributed by atoms with Crippen LogP contribution in [0.4, 0.5) is 0 Å². The summed E-state index contributed by atoms with van der Waals surface area (Å²) in [5.41, 5.74) is 1.13. The van der Waals surface area contributed by atoms with Gasteiger partial charge >= 0.3 is 7.12 Å². The Kier molecular flexibility index (Phi) is 4.78. The Bertz CT molecular complexity index is 328. The first-order valence-corrected chi connectivity index (χ1v) is 5.50. The molecular formula is C13H19BO2. The minimum absolute atomic E-state index is 0.0710. The predicted molar refractivity (Wildman–Crippen MR) is 68.9 cm³/mol. The monoisotopic (exact) mass is 218 g/mol. The third-order valence-electron chi connectivity index (χ3n) is 1.94. The minimum Gasteiger partial charge on any atom is -0.423 e. The molecule has 3 heteroatoms. The van der Waals surface area contributed by atoms with Crippen molar-refractivity contribution in [3.05, 3.63) is 41.9 Å². The largest absolute Gasteiger partial charge is 0.483 e. The van der Waals surface area contributed by atoms with Gasteiger partial charge in [-0.25, -0.2) is 0 Å². The van der Waals surface area contributed by atoms with E-state index in [9.17, 15) is 5.02 Å². The van der Waals surface area contributed by atoms with Crippen molar-refractivity contribution in [2.45, 2.75) is 20.8 Å². The normalized spacial score (nSPS) is 12.0. The molecule has 0 saturated heterocycles. The first kappa shape index (κ1) is 13.0. The van der Waals surface area contributed by atoms with E-state index in [0.29, 0.717) is 6.61 Å². The quantitative estimate of drug-likeness (QED) is 0.787. The lowest BCUT2D eigenvalue weighted by atomic mass is 9.88. The fourth-order valence-corrected chi connectivity index (χ4v) is 1.15. The van der Waals surface area contributed by atoms with Gasteiger partial charge in [-0.2, -0.15) is 0 Å². The van der Waals surface area contributed by atoms with Gasteiger partial charge in [-0.15, -0.1) is 0 Å². The van der Waals surface area contributed by atoms with Gasteiger partial charge < -0.3 is 9.68 Å². The van der Waals surface area contributed by atoms with Crippen LogP contribution in [0.15, 0.2) is 36.3 Å². The van der Waals surface area contributed by atoms with Crippen LogP contribution in [-0.2, 0) is 4.65 Å². The maximum Gasteiger partial charge on any atom is 0.483 e. The van der Waals surface area contributed by atoms with Gasteiger partial charge in [0.1, 0.15) is 0 Å². The van der Waals surface area contributed by atoms with Crippen LogP contribution in [0.3, 0.4) is 0 Å². The van der Waals surface area contributed by atoms with Gasteiger partial charge in [-0.05, 0) is 11.0 Å². The Labute approximate surface area is 98.1 Å². The van der Waals surface area contributed by atoms with E-state index >= 15 is 0 Å². The van der Waals surface area contributed by atoms with Crippen LogP contribution in [0.2, 0.25) is 0 Å². The molecule has 0 aliphatic rings. The zero-order chi connectivity index (χ0) is 12.0. The number of rotatable bonds is 4. The standard InChI is InChI=1S/C13H19BO2/c1-13(2,3)11-16-14(15)10-9-12-7-5-4-6-8-12/h4-10,15H,11H2,1-3H3/b10-9+. The molecule has 0 heterocycles. The molecule has 0 spiro atoms. The highest BCUT2D eigenvalue weighted by Gasteiger charge is 2.15. The number of hydrogen-bond donors (Lipinski definition) is 1. The summed E-state index contributed by atoms with van der Waals surface area (Å²) in [5.74, 6) is 1.65. The Balaban J connectivity index is 2.40. The molecule has 0 atom stereocenters. The van der Waals surface area contributed by atoms with Crippen molar-refractivity contribution in [1.82, 2.24) is 0 Å². The maximum absolute atomic E-state index is 9.56. The highest BCUT2D eigenvalue weighted by Crippen LogP contribution is 2.13. The van der Waals surface area contributed by atoms with Gasteiger partial charge in [-0.1, -0.05) is 63.2 Å². The SMILES string of the molecule is CC(C)(C)COB(O)/C=C/c1ccccc1. The van der Waals surface area contributed by atoms with E-state index in [2.05, 4.69) is 20.8 Å². The summed E-state index contributed by atoms with van der Waals surface area (Å²) in [7, 11) is -0.834. The van der Waals surface area contributed by atoms with Gasteiger partial charge in [0.05, 0.1) is 0 Å². The van der Waals surface area contributed by atoms with Crippen molar-refractivity contribution < 1.29 is 9.68 Å². The smallest absolute Gasteiger partial charge is 0.423 e. The minimum atomic E-state index is -0.834. The molecule has 0 unspecified atom stereocenters. The summed E-state index contributed by atoms with van der Waals surface area (Å²) in [6.07, 6.45) is 1.85. The number of hydrogen-bond acceptors (Lipinski definition) is 2. The van der Waals surface area contributed by atoms with Gasteiger partial charge in [0.25, 0.3) is 0 Å². The summed E-state index contributed by atoms with van der Waals surface area (Å²) in [5, 5.41) is 9.56. The Morgan fingerprint density at radius 1 is 1.25 bits per heavy atom. The Morgan fingerprint density at radius 2 is 1.88 bits per heavy atom. The predicted octanol–water partition coefficient (Wildman–Crippen LogP) is 2.78. The van der Waals surface area contributed by atoms with Crippen molar-refractivity contribution in [2.24, 2.45) is 5.41 Å². The highest BCUT2D eigenvalue weighted by atomic mass is 16.5. The van der Waals surface area contributed by atoms with E-state index in [-0.39, 0.29) is 5.41 Å². The van der Waals surface area contributed by atoms with Crippen LogP contribution in [0, 0.1) is 5.41 Å². The lowest BCUT2D eigenvalue weighted by molar-refractivity contribution is 0.174. The highest BCUT2D eigenvalue weighted by molar-refractivity contribution is 6.50. The van der Waals surface area contributed by atoms with Crippen LogP contribution in [0.1, 0.15) is 26.3 Å². The molecule has 0 aromatic heterocycles. The summed E-state index contributed by atoms with van der Waals surface area (Å²) in [6, 6.07) is 9.84. The van der Waals surface area contributed by atoms with E-state index in [1.54, 1.807) is 5.98 Å². The second-order valence-electron chi connectivity index (χ2n) is 5.03. The lowest BCUT2D eigenvalue weighted by Crippen LogP contribution is -2.23. The molecule has 0 fully saturated rings. The Morgan fingerprint density at radius 3 is 2.44 bits per heavy atom. The van der Waals surface area contributed by atoms with E-state index in [1.165, 1.54) is 0 Å². The van der Waals surface area contributed by atoms with E-state index in [0.717, 1.165) is 5.56 Å². The molecule has 16 heavy (non-hydrogen) atoms. The summed E-state index contributed by atoms with van der Waals surface area (Å²) < 4.78 is 5.30. The second-order valence-corrected chi connectivity index (χ2v) is 5.03. The molecule has 2 nitrogen and oxygen atoms in total. The summed E-state index contributed by atoms with van der Waals surface area (Å²) >= 11 is 0. The second kappa shape index (κ2) is 5.87. The molecule has 0 aliphatic carbocycles. The maximum atomic E-state index is 9.56. The van der Waals surface area contributed by atoms with Crippen molar-refractivity contribution in [3.63, 3.8) is 0 Å². The van der Waals surface area contributed by atoms with Crippen molar-refractivity contribution in [1.29, 1.82) is 0 Å².